The second-order valence-corrected chi connectivity index (χ2v) is 10.4. The van der Waals surface area contributed by atoms with E-state index in [1.54, 1.807) is 6.20 Å². The van der Waals surface area contributed by atoms with Gasteiger partial charge in [0.15, 0.2) is 0 Å². The molecule has 5 heterocycles. The third kappa shape index (κ3) is 3.31. The lowest BCUT2D eigenvalue weighted by Gasteiger charge is -2.41. The fourth-order valence-corrected chi connectivity index (χ4v) is 6.32. The Balaban J connectivity index is 1.54. The molecule has 0 aliphatic carbocycles. The summed E-state index contributed by atoms with van der Waals surface area (Å²) in [6, 6.07) is 6.71. The van der Waals surface area contributed by atoms with Gasteiger partial charge in [0.05, 0.1) is 22.0 Å². The third-order valence-corrected chi connectivity index (χ3v) is 8.33. The molecule has 6 rings (SSSR count). The first kappa shape index (κ1) is 21.6. The van der Waals surface area contributed by atoms with Crippen molar-refractivity contribution >= 4 is 33.5 Å². The maximum Gasteiger partial charge on any atom is 0.252 e. The van der Waals surface area contributed by atoms with Gasteiger partial charge in [0.1, 0.15) is 5.78 Å². The van der Waals surface area contributed by atoms with Crippen LogP contribution in [0.25, 0.3) is 21.8 Å². The van der Waals surface area contributed by atoms with E-state index in [9.17, 15) is 9.59 Å². The van der Waals surface area contributed by atoms with E-state index in [0.29, 0.717) is 43.3 Å². The van der Waals surface area contributed by atoms with Crippen LogP contribution in [0.3, 0.4) is 0 Å². The summed E-state index contributed by atoms with van der Waals surface area (Å²) in [5.41, 5.74) is 9.07. The summed E-state index contributed by atoms with van der Waals surface area (Å²) < 4.78 is 2.18. The molecule has 0 saturated carbocycles. The first-order chi connectivity index (χ1) is 16.5. The molecule has 3 saturated heterocycles. The lowest BCUT2D eigenvalue weighted by Crippen LogP contribution is -2.54. The number of aromatic nitrogens is 2. The second-order valence-electron chi connectivity index (χ2n) is 10.4. The summed E-state index contributed by atoms with van der Waals surface area (Å²) in [4.78, 5) is 32.1. The molecule has 3 aromatic rings. The summed E-state index contributed by atoms with van der Waals surface area (Å²) in [6.07, 6.45) is 7.05. The molecule has 0 radical (unpaired) electrons. The van der Waals surface area contributed by atoms with Crippen LogP contribution in [0.5, 0.6) is 0 Å². The van der Waals surface area contributed by atoms with Crippen LogP contribution in [0, 0.1) is 5.41 Å². The Labute approximate surface area is 199 Å². The summed E-state index contributed by atoms with van der Waals surface area (Å²) in [6.45, 7) is 5.04. The monoisotopic (exact) mass is 460 g/mol. The second kappa shape index (κ2) is 8.06. The number of nitrogens with one attached hydrogen (secondary N) is 1. The molecule has 3 fully saturated rings. The van der Waals surface area contributed by atoms with Crippen molar-refractivity contribution in [2.45, 2.75) is 31.6 Å². The number of pyridine rings is 1. The quantitative estimate of drug-likeness (QED) is 0.621. The van der Waals surface area contributed by atoms with Gasteiger partial charge < -0.3 is 21.0 Å². The van der Waals surface area contributed by atoms with Crippen molar-refractivity contribution in [2.24, 2.45) is 11.1 Å². The highest BCUT2D eigenvalue weighted by Gasteiger charge is 2.45. The highest BCUT2D eigenvalue weighted by atomic mass is 16.1. The number of rotatable bonds is 3. The van der Waals surface area contributed by atoms with Gasteiger partial charge in [-0.05, 0) is 63.5 Å². The van der Waals surface area contributed by atoms with Gasteiger partial charge in [0.2, 0.25) is 0 Å². The van der Waals surface area contributed by atoms with E-state index >= 15 is 0 Å². The van der Waals surface area contributed by atoms with Crippen LogP contribution in [0.1, 0.15) is 47.5 Å². The zero-order valence-corrected chi connectivity index (χ0v) is 19.7. The molecular formula is C26H32N6O2. The fraction of sp³-hybridized carbons (Fsp3) is 0.500. The number of Topliss-reactive ketones (excluding diaryl/α,β-unsaturated/α-hetero) is 1. The Hall–Kier alpha value is -2.97. The van der Waals surface area contributed by atoms with E-state index < -0.39 is 5.91 Å². The number of piperidine rings is 2. The molecule has 1 spiro atoms. The molecule has 1 atom stereocenters. The van der Waals surface area contributed by atoms with Crippen molar-refractivity contribution in [3.63, 3.8) is 0 Å². The minimum atomic E-state index is -0.483. The van der Waals surface area contributed by atoms with Crippen molar-refractivity contribution < 1.29 is 9.59 Å². The minimum Gasteiger partial charge on any atom is -0.365 e. The average Bonchev–Trinajstić information content (AvgIpc) is 3.44. The number of nitrogens with zero attached hydrogens (tertiary/aromatic N) is 4. The van der Waals surface area contributed by atoms with E-state index in [1.165, 1.54) is 5.56 Å². The Morgan fingerprint density at radius 1 is 1.18 bits per heavy atom. The molecule has 8 nitrogen and oxygen atoms in total. The zero-order chi connectivity index (χ0) is 23.4. The number of hydrogen-bond acceptors (Lipinski definition) is 6. The summed E-state index contributed by atoms with van der Waals surface area (Å²) in [5, 5.41) is 7.66. The Morgan fingerprint density at radius 3 is 2.74 bits per heavy atom. The number of likely N-dealkylation sites (tertiary alicyclic amines) is 1. The first-order valence-electron chi connectivity index (χ1n) is 12.4. The SMILES string of the molecule is CN1CCC(c2ccc3c4cncc(C(N)=O)c4n(N4CCC(=O)C5(CCNC5)C4)c3c2)CC1. The molecule has 8 heteroatoms. The number of carbonyl (C=O) groups excluding carboxylic acids is 2. The molecule has 1 aromatic carbocycles. The van der Waals surface area contributed by atoms with Gasteiger partial charge in [0, 0.05) is 49.2 Å². The molecular weight excluding hydrogens is 428 g/mol. The number of benzene rings is 1. The molecule has 3 aliphatic heterocycles. The number of nitrogens with two attached hydrogens (primary N) is 1. The highest BCUT2D eigenvalue weighted by Crippen LogP contribution is 2.38. The van der Waals surface area contributed by atoms with Crippen LogP contribution in [0.4, 0.5) is 0 Å². The number of ketones is 1. The van der Waals surface area contributed by atoms with Crippen LogP contribution in [0.2, 0.25) is 0 Å². The van der Waals surface area contributed by atoms with E-state index in [2.05, 4.69) is 50.1 Å². The maximum atomic E-state index is 13.0. The van der Waals surface area contributed by atoms with Crippen LogP contribution in [-0.4, -0.2) is 72.6 Å². The Kier molecular flexibility index (Phi) is 5.11. The number of primary amides is 1. The number of hydrogen-bond donors (Lipinski definition) is 2. The third-order valence-electron chi connectivity index (χ3n) is 8.33. The van der Waals surface area contributed by atoms with Crippen molar-refractivity contribution in [1.82, 2.24) is 19.9 Å². The molecule has 1 amide bonds. The minimum absolute atomic E-state index is 0.346. The Bertz CT molecular complexity index is 1280. The predicted octanol–water partition coefficient (Wildman–Crippen LogP) is 1.99. The number of amides is 1. The lowest BCUT2D eigenvalue weighted by atomic mass is 9.78. The lowest BCUT2D eigenvalue weighted by molar-refractivity contribution is -0.128. The van der Waals surface area contributed by atoms with E-state index in [1.807, 2.05) is 6.20 Å². The molecule has 3 N–H and O–H groups in total. The van der Waals surface area contributed by atoms with Gasteiger partial charge in [-0.1, -0.05) is 12.1 Å². The summed E-state index contributed by atoms with van der Waals surface area (Å²) in [7, 11) is 2.18. The predicted molar refractivity (Wildman–Crippen MR) is 133 cm³/mol. The molecule has 2 aromatic heterocycles. The Morgan fingerprint density at radius 2 is 2.00 bits per heavy atom. The number of carbonyl (C=O) groups is 2. The van der Waals surface area contributed by atoms with Crippen LogP contribution in [0.15, 0.2) is 30.6 Å². The molecule has 0 bridgehead atoms. The normalized spacial score (nSPS) is 24.6. The average molecular weight is 461 g/mol. The summed E-state index contributed by atoms with van der Waals surface area (Å²) >= 11 is 0. The van der Waals surface area contributed by atoms with E-state index in [0.717, 1.165) is 60.7 Å². The maximum absolute atomic E-state index is 13.0. The van der Waals surface area contributed by atoms with Crippen molar-refractivity contribution in [2.75, 3.05) is 51.3 Å². The highest BCUT2D eigenvalue weighted by molar-refractivity contribution is 6.15. The van der Waals surface area contributed by atoms with Gasteiger partial charge in [-0.15, -0.1) is 0 Å². The first-order valence-corrected chi connectivity index (χ1v) is 12.4. The van der Waals surface area contributed by atoms with Crippen molar-refractivity contribution in [1.29, 1.82) is 0 Å². The molecule has 1 unspecified atom stereocenters. The largest absolute Gasteiger partial charge is 0.365 e. The van der Waals surface area contributed by atoms with Gasteiger partial charge in [0.25, 0.3) is 5.91 Å². The van der Waals surface area contributed by atoms with E-state index in [-0.39, 0.29) is 5.41 Å². The topological polar surface area (TPSA) is 96.5 Å². The number of fused-ring (bicyclic) bond motifs is 3. The smallest absolute Gasteiger partial charge is 0.252 e. The van der Waals surface area contributed by atoms with Gasteiger partial charge in [-0.25, -0.2) is 0 Å². The van der Waals surface area contributed by atoms with Gasteiger partial charge in [-0.2, -0.15) is 0 Å². The zero-order valence-electron chi connectivity index (χ0n) is 19.7. The van der Waals surface area contributed by atoms with Gasteiger partial charge >= 0.3 is 0 Å². The van der Waals surface area contributed by atoms with Crippen LogP contribution >= 0.6 is 0 Å². The van der Waals surface area contributed by atoms with E-state index in [4.69, 9.17) is 5.73 Å². The van der Waals surface area contributed by atoms with Crippen molar-refractivity contribution in [3.05, 3.63) is 41.7 Å². The summed E-state index contributed by atoms with van der Waals surface area (Å²) in [5.74, 6) is 0.385. The molecule has 34 heavy (non-hydrogen) atoms. The van der Waals surface area contributed by atoms with Gasteiger partial charge in [-0.3, -0.25) is 19.2 Å². The molecule has 178 valence electrons. The fourth-order valence-electron chi connectivity index (χ4n) is 6.32. The van der Waals surface area contributed by atoms with Crippen molar-refractivity contribution in [3.8, 4) is 0 Å². The van der Waals surface area contributed by atoms with Crippen LogP contribution in [-0.2, 0) is 4.79 Å². The molecule has 3 aliphatic rings. The van der Waals surface area contributed by atoms with Crippen LogP contribution < -0.4 is 16.1 Å². The standard InChI is InChI=1S/C26H32N6O2/c1-30-9-4-17(5-10-30)18-2-3-19-20-13-29-14-21(25(27)34)24(20)32(22(19)12-18)31-11-6-23(33)26(16-31)7-8-28-15-26/h2-3,12-14,17,28H,4-11,15-16H2,1H3,(H2,27,34).